The molecule has 7 nitrogen and oxygen atoms in total. The molecule has 0 aromatic carbocycles. The normalized spacial score (nSPS) is 21.2. The number of aromatic nitrogens is 3. The van der Waals surface area contributed by atoms with E-state index in [0.29, 0.717) is 11.3 Å². The lowest BCUT2D eigenvalue weighted by Gasteiger charge is -2.38. The maximum absolute atomic E-state index is 14.2. The number of piperidine rings is 1. The van der Waals surface area contributed by atoms with Crippen molar-refractivity contribution in [3.63, 3.8) is 0 Å². The van der Waals surface area contributed by atoms with E-state index in [4.69, 9.17) is 5.73 Å². The van der Waals surface area contributed by atoms with Crippen LogP contribution in [0, 0.1) is 5.92 Å². The van der Waals surface area contributed by atoms with Crippen molar-refractivity contribution in [2.75, 3.05) is 20.1 Å². The summed E-state index contributed by atoms with van der Waals surface area (Å²) in [5.74, 6) is -4.09. The van der Waals surface area contributed by atoms with Crippen molar-refractivity contribution in [1.29, 1.82) is 0 Å². The Bertz CT molecular complexity index is 1150. The second-order valence-corrected chi connectivity index (χ2v) is 9.07. The van der Waals surface area contributed by atoms with Gasteiger partial charge in [0.15, 0.2) is 0 Å². The molecule has 0 bridgehead atoms. The monoisotopic (exact) mass is 423 g/mol. The molecule has 4 heterocycles. The summed E-state index contributed by atoms with van der Waals surface area (Å²) in [4.78, 5) is 28.0. The van der Waals surface area contributed by atoms with E-state index in [1.54, 1.807) is 17.5 Å². The number of hydrogen-bond acceptors (Lipinski definition) is 5. The van der Waals surface area contributed by atoms with Gasteiger partial charge in [0.1, 0.15) is 22.2 Å². The van der Waals surface area contributed by atoms with Gasteiger partial charge in [-0.3, -0.25) is 14.0 Å². The largest absolute Gasteiger partial charge is 0.368 e. The molecular formula is C19H23F2N5O2S. The predicted octanol–water partition coefficient (Wildman–Crippen LogP) is 2.45. The number of amides is 1. The van der Waals surface area contributed by atoms with Crippen LogP contribution in [0.1, 0.15) is 38.1 Å². The highest BCUT2D eigenvalue weighted by atomic mass is 32.1. The Hall–Kier alpha value is -2.33. The molecule has 4 rings (SSSR count). The van der Waals surface area contributed by atoms with Gasteiger partial charge in [-0.2, -0.15) is 5.10 Å². The molecule has 0 saturated carbocycles. The molecule has 3 aromatic rings. The van der Waals surface area contributed by atoms with Crippen LogP contribution in [0.4, 0.5) is 8.78 Å². The van der Waals surface area contributed by atoms with Gasteiger partial charge in [-0.05, 0) is 24.6 Å². The molecule has 1 amide bonds. The first-order valence-electron chi connectivity index (χ1n) is 9.46. The highest BCUT2D eigenvalue weighted by Gasteiger charge is 2.44. The summed E-state index contributed by atoms with van der Waals surface area (Å²) in [6.45, 7) is 3.70. The number of primary amides is 1. The summed E-state index contributed by atoms with van der Waals surface area (Å²) in [5.41, 5.74) is 5.49. The molecule has 156 valence electrons. The zero-order valence-electron chi connectivity index (χ0n) is 16.4. The minimum absolute atomic E-state index is 0.0638. The van der Waals surface area contributed by atoms with Gasteiger partial charge in [0, 0.05) is 30.2 Å². The summed E-state index contributed by atoms with van der Waals surface area (Å²) < 4.78 is 31.2. The number of fused-ring (bicyclic) bond motifs is 3. The van der Waals surface area contributed by atoms with Gasteiger partial charge in [-0.15, -0.1) is 11.3 Å². The average molecular weight is 423 g/mol. The Kier molecular flexibility index (Phi) is 4.73. The van der Waals surface area contributed by atoms with Gasteiger partial charge in [0.2, 0.25) is 5.91 Å². The number of thiophene rings is 1. The third kappa shape index (κ3) is 3.33. The Morgan fingerprint density at radius 1 is 1.41 bits per heavy atom. The SMILES string of the molecule is CC(C)c1nn(C(C(N)=O)C2CN(C)CC(F)(F)C2)c(=O)c2cc3ccsc3n12. The zero-order chi connectivity index (χ0) is 21.1. The fourth-order valence-corrected chi connectivity index (χ4v) is 5.23. The van der Waals surface area contributed by atoms with Gasteiger partial charge in [0.25, 0.3) is 11.5 Å². The molecule has 2 N–H and O–H groups in total. The van der Waals surface area contributed by atoms with E-state index in [0.717, 1.165) is 14.9 Å². The molecule has 0 radical (unpaired) electrons. The molecule has 2 unspecified atom stereocenters. The molecule has 10 heteroatoms. The van der Waals surface area contributed by atoms with Gasteiger partial charge < -0.3 is 10.6 Å². The highest BCUT2D eigenvalue weighted by Crippen LogP contribution is 2.35. The third-order valence-corrected chi connectivity index (χ3v) is 6.32. The van der Waals surface area contributed by atoms with Crippen molar-refractivity contribution >= 4 is 33.0 Å². The fourth-order valence-electron chi connectivity index (χ4n) is 4.33. The van der Waals surface area contributed by atoms with E-state index >= 15 is 0 Å². The maximum Gasteiger partial charge on any atom is 0.291 e. The fraction of sp³-hybridized carbons (Fsp3) is 0.526. The Morgan fingerprint density at radius 2 is 2.14 bits per heavy atom. The number of nitrogens with zero attached hydrogens (tertiary/aromatic N) is 4. The predicted molar refractivity (Wildman–Crippen MR) is 108 cm³/mol. The number of carbonyl (C=O) groups is 1. The molecular weight excluding hydrogens is 400 g/mol. The van der Waals surface area contributed by atoms with Crippen LogP contribution in [0.3, 0.4) is 0 Å². The van der Waals surface area contributed by atoms with Crippen LogP contribution in [0.15, 0.2) is 22.3 Å². The summed E-state index contributed by atoms with van der Waals surface area (Å²) >= 11 is 1.49. The van der Waals surface area contributed by atoms with E-state index in [9.17, 15) is 18.4 Å². The van der Waals surface area contributed by atoms with Gasteiger partial charge >= 0.3 is 0 Å². The van der Waals surface area contributed by atoms with Crippen LogP contribution >= 0.6 is 11.3 Å². The molecule has 1 fully saturated rings. The lowest BCUT2D eigenvalue weighted by atomic mass is 9.88. The zero-order valence-corrected chi connectivity index (χ0v) is 17.2. The number of rotatable bonds is 4. The number of nitrogens with two attached hydrogens (primary N) is 1. The summed E-state index contributed by atoms with van der Waals surface area (Å²) in [7, 11) is 1.57. The van der Waals surface area contributed by atoms with Gasteiger partial charge in [-0.25, -0.2) is 13.5 Å². The van der Waals surface area contributed by atoms with E-state index < -0.39 is 35.8 Å². The van der Waals surface area contributed by atoms with Crippen LogP contribution in [-0.2, 0) is 4.79 Å². The number of carbonyl (C=O) groups excluding carboxylic acids is 1. The third-order valence-electron chi connectivity index (χ3n) is 5.40. The van der Waals surface area contributed by atoms with Crippen LogP contribution in [0.5, 0.6) is 0 Å². The van der Waals surface area contributed by atoms with Crippen LogP contribution in [-0.4, -0.2) is 51.0 Å². The van der Waals surface area contributed by atoms with E-state index in [1.807, 2.05) is 25.3 Å². The number of hydrogen-bond donors (Lipinski definition) is 1. The van der Waals surface area contributed by atoms with E-state index in [-0.39, 0.29) is 19.0 Å². The average Bonchev–Trinajstić information content (AvgIpc) is 3.16. The Morgan fingerprint density at radius 3 is 2.76 bits per heavy atom. The Labute approximate surface area is 169 Å². The maximum atomic E-state index is 14.2. The van der Waals surface area contributed by atoms with Crippen molar-refractivity contribution in [3.8, 4) is 0 Å². The molecule has 1 aliphatic rings. The molecule has 1 aliphatic heterocycles. The molecule has 2 atom stereocenters. The van der Waals surface area contributed by atoms with Crippen molar-refractivity contribution < 1.29 is 13.6 Å². The molecule has 3 aromatic heterocycles. The summed E-state index contributed by atoms with van der Waals surface area (Å²) in [5, 5.41) is 7.31. The first kappa shape index (κ1) is 20.0. The van der Waals surface area contributed by atoms with Crippen LogP contribution in [0.2, 0.25) is 0 Å². The lowest BCUT2D eigenvalue weighted by molar-refractivity contribution is -0.128. The van der Waals surface area contributed by atoms with Crippen molar-refractivity contribution in [3.05, 3.63) is 33.7 Å². The molecule has 1 saturated heterocycles. The van der Waals surface area contributed by atoms with E-state index in [2.05, 4.69) is 5.10 Å². The minimum Gasteiger partial charge on any atom is -0.368 e. The highest BCUT2D eigenvalue weighted by molar-refractivity contribution is 7.16. The molecule has 0 spiro atoms. The Balaban J connectivity index is 1.94. The van der Waals surface area contributed by atoms with Crippen LogP contribution < -0.4 is 11.3 Å². The second-order valence-electron chi connectivity index (χ2n) is 8.17. The van der Waals surface area contributed by atoms with Crippen molar-refractivity contribution in [1.82, 2.24) is 19.1 Å². The molecule has 29 heavy (non-hydrogen) atoms. The van der Waals surface area contributed by atoms with Crippen molar-refractivity contribution in [2.24, 2.45) is 11.7 Å². The summed E-state index contributed by atoms with van der Waals surface area (Å²) in [6.07, 6.45) is -0.517. The smallest absolute Gasteiger partial charge is 0.291 e. The topological polar surface area (TPSA) is 85.6 Å². The second kappa shape index (κ2) is 6.88. The quantitative estimate of drug-likeness (QED) is 0.699. The number of halogens is 2. The van der Waals surface area contributed by atoms with Crippen molar-refractivity contribution in [2.45, 2.75) is 38.2 Å². The lowest BCUT2D eigenvalue weighted by Crippen LogP contribution is -2.51. The first-order valence-corrected chi connectivity index (χ1v) is 10.3. The minimum atomic E-state index is -2.96. The summed E-state index contributed by atoms with van der Waals surface area (Å²) in [6, 6.07) is 2.41. The number of alkyl halides is 2. The standard InChI is InChI=1S/C19H23F2N5O2S/c1-10(2)16-23-26(17(28)13-6-11-4-5-29-18(11)25(13)16)14(15(22)27)12-7-19(20,21)9-24(3)8-12/h4-6,10,12,14H,7-9H2,1-3H3,(H2,22,27). The molecule has 0 aliphatic carbocycles. The number of likely N-dealkylation sites (tertiary alicyclic amines) is 1. The van der Waals surface area contributed by atoms with Gasteiger partial charge in [-0.1, -0.05) is 13.8 Å². The van der Waals surface area contributed by atoms with Crippen LogP contribution in [0.25, 0.3) is 15.7 Å². The van der Waals surface area contributed by atoms with Gasteiger partial charge in [0.05, 0.1) is 6.54 Å². The first-order chi connectivity index (χ1) is 13.6. The van der Waals surface area contributed by atoms with E-state index in [1.165, 1.54) is 16.2 Å².